The first-order valence-corrected chi connectivity index (χ1v) is 0. The van der Waals surface area contributed by atoms with Gasteiger partial charge in [-0.15, -0.1) is 0 Å². The molecule has 0 aliphatic carbocycles. The van der Waals surface area contributed by atoms with Crippen LogP contribution in [-0.4, -0.2) is 215 Å². The molecule has 0 unspecified atom stereocenters. The SMILES string of the molecule is [Sn].[Sn].[Sn].[Sn].[Sn].[Sn].[Sn].[Sn].[Sn]. The quantitative estimate of drug-likeness (QED) is 0.222. The minimum Gasteiger partial charge on any atom is 0 e. The van der Waals surface area contributed by atoms with Gasteiger partial charge in [0.1, 0.15) is 0 Å². The van der Waals surface area contributed by atoms with E-state index in [9.17, 15) is 0 Å². The fourth-order valence-electron chi connectivity index (χ4n) is 0. The zero-order chi connectivity index (χ0) is 0. The van der Waals surface area contributed by atoms with E-state index in [2.05, 4.69) is 0 Å². The molecule has 0 bridgehead atoms. The van der Waals surface area contributed by atoms with Gasteiger partial charge in [-0.2, -0.15) is 0 Å². The Morgan fingerprint density at radius 3 is 0.111 bits per heavy atom. The van der Waals surface area contributed by atoms with Gasteiger partial charge in [-0.05, 0) is 0 Å². The fraction of sp³-hybridized carbons (Fsp3) is 0. The van der Waals surface area contributed by atoms with Crippen LogP contribution in [0.1, 0.15) is 0 Å². The summed E-state index contributed by atoms with van der Waals surface area (Å²) in [7, 11) is 0. The van der Waals surface area contributed by atoms with Crippen LogP contribution in [0.25, 0.3) is 0 Å². The summed E-state index contributed by atoms with van der Waals surface area (Å²) in [5, 5.41) is 0. The van der Waals surface area contributed by atoms with E-state index >= 15 is 0 Å². The molecule has 9 heavy (non-hydrogen) atoms. The number of hydrogen-bond acceptors (Lipinski definition) is 0. The molecule has 36 radical (unpaired) electrons. The van der Waals surface area contributed by atoms with Crippen LogP contribution in [0.4, 0.5) is 0 Å². The van der Waals surface area contributed by atoms with Crippen molar-refractivity contribution in [1.82, 2.24) is 0 Å². The van der Waals surface area contributed by atoms with Crippen molar-refractivity contribution in [3.8, 4) is 0 Å². The maximum Gasteiger partial charge on any atom is 0 e. The van der Waals surface area contributed by atoms with Gasteiger partial charge in [0.2, 0.25) is 0 Å². The molecule has 36 valence electrons. The summed E-state index contributed by atoms with van der Waals surface area (Å²) in [5.74, 6) is 0. The Morgan fingerprint density at radius 1 is 0.111 bits per heavy atom. The van der Waals surface area contributed by atoms with Gasteiger partial charge in [-0.1, -0.05) is 0 Å². The molecule has 0 aromatic heterocycles. The predicted octanol–water partition coefficient (Wildman–Crippen LogP) is -3.43. The predicted molar refractivity (Wildman–Crippen MR) is 51.8 cm³/mol. The zero-order valence-electron chi connectivity index (χ0n) is 4.50. The molecule has 9 heteroatoms. The van der Waals surface area contributed by atoms with Crippen molar-refractivity contribution in [2.24, 2.45) is 0 Å². The van der Waals surface area contributed by atoms with Crippen LogP contribution < -0.4 is 0 Å². The average Bonchev–Trinajstić information content (AvgIpc) is 0. The van der Waals surface area contributed by atoms with Crippen molar-refractivity contribution in [3.05, 3.63) is 0 Å². The Balaban J connectivity index is 0. The van der Waals surface area contributed by atoms with Gasteiger partial charge in [0.15, 0.2) is 0 Å². The van der Waals surface area contributed by atoms with Crippen molar-refractivity contribution >= 4 is 215 Å². The molecule has 0 N–H and O–H groups in total. The van der Waals surface area contributed by atoms with Crippen molar-refractivity contribution in [2.75, 3.05) is 0 Å². The van der Waals surface area contributed by atoms with E-state index in [1.54, 1.807) is 0 Å². The normalized spacial score (nSPS) is 0. The number of rotatable bonds is 0. The summed E-state index contributed by atoms with van der Waals surface area (Å²) in [6.45, 7) is 0. The Labute approximate surface area is 209 Å². The summed E-state index contributed by atoms with van der Waals surface area (Å²) in [6.07, 6.45) is 0. The topological polar surface area (TPSA) is 0 Å². The first-order chi connectivity index (χ1) is 0. The van der Waals surface area contributed by atoms with Crippen LogP contribution in [-0.2, 0) is 0 Å². The van der Waals surface area contributed by atoms with Crippen molar-refractivity contribution < 1.29 is 0 Å². The standard InChI is InChI=1S/9Sn. The van der Waals surface area contributed by atoms with Gasteiger partial charge in [-0.3, -0.25) is 0 Å². The summed E-state index contributed by atoms with van der Waals surface area (Å²) < 4.78 is 0. The van der Waals surface area contributed by atoms with Gasteiger partial charge in [0.25, 0.3) is 0 Å². The van der Waals surface area contributed by atoms with E-state index < -0.39 is 0 Å². The third-order valence-corrected chi connectivity index (χ3v) is 0. The molecular formula is Sn9. The molecule has 0 saturated heterocycles. The smallest absolute Gasteiger partial charge is 0 e. The van der Waals surface area contributed by atoms with E-state index in [1.807, 2.05) is 0 Å². The van der Waals surface area contributed by atoms with E-state index in [4.69, 9.17) is 0 Å². The number of hydrogen-bond donors (Lipinski definition) is 0. The van der Waals surface area contributed by atoms with Crippen LogP contribution in [0.15, 0.2) is 0 Å². The molecule has 0 aliphatic heterocycles. The largest absolute Gasteiger partial charge is 0 e. The van der Waals surface area contributed by atoms with E-state index in [0.717, 1.165) is 0 Å². The zero-order valence-corrected chi connectivity index (χ0v) is 30.2. The first-order valence-electron chi connectivity index (χ1n) is 0. The first kappa shape index (κ1) is 72.3. The van der Waals surface area contributed by atoms with Crippen LogP contribution in [0.3, 0.4) is 0 Å². The molecule has 0 amide bonds. The van der Waals surface area contributed by atoms with E-state index in [1.165, 1.54) is 0 Å². The maximum atomic E-state index is 0. The molecule has 0 nitrogen and oxygen atoms in total. The minimum atomic E-state index is 0. The molecule has 0 saturated carbocycles. The van der Waals surface area contributed by atoms with Gasteiger partial charge in [0, 0.05) is 215 Å². The molecular weight excluding hydrogens is 1070 g/mol. The van der Waals surface area contributed by atoms with Gasteiger partial charge >= 0.3 is 0 Å². The molecule has 0 fully saturated rings. The van der Waals surface area contributed by atoms with Crippen molar-refractivity contribution in [3.63, 3.8) is 0 Å². The molecule has 0 heterocycles. The van der Waals surface area contributed by atoms with Crippen molar-refractivity contribution in [1.29, 1.82) is 0 Å². The van der Waals surface area contributed by atoms with Crippen LogP contribution in [0, 0.1) is 0 Å². The van der Waals surface area contributed by atoms with Crippen LogP contribution in [0.5, 0.6) is 0 Å². The third-order valence-electron chi connectivity index (χ3n) is 0. The van der Waals surface area contributed by atoms with Crippen LogP contribution >= 0.6 is 0 Å². The maximum absolute atomic E-state index is 0. The fourth-order valence-corrected chi connectivity index (χ4v) is 0. The van der Waals surface area contributed by atoms with Gasteiger partial charge in [-0.25, -0.2) is 0 Å². The molecule has 0 spiro atoms. The van der Waals surface area contributed by atoms with Crippen molar-refractivity contribution in [2.45, 2.75) is 0 Å². The molecule has 0 aromatic rings. The Hall–Kier alpha value is 7.19. The second-order valence-electron chi connectivity index (χ2n) is 0. The van der Waals surface area contributed by atoms with E-state index in [-0.39, 0.29) is 215 Å². The van der Waals surface area contributed by atoms with Gasteiger partial charge < -0.3 is 0 Å². The second-order valence-corrected chi connectivity index (χ2v) is 0. The Bertz CT molecular complexity index is 0. The molecule has 0 aliphatic rings. The molecule has 0 aromatic carbocycles. The Kier molecular flexibility index (Phi) is 475. The van der Waals surface area contributed by atoms with E-state index in [0.29, 0.717) is 0 Å². The summed E-state index contributed by atoms with van der Waals surface area (Å²) in [4.78, 5) is 0. The second kappa shape index (κ2) is 59.2. The molecule has 0 rings (SSSR count). The Morgan fingerprint density at radius 2 is 0.111 bits per heavy atom. The third kappa shape index (κ3) is 51.1. The minimum absolute atomic E-state index is 0. The summed E-state index contributed by atoms with van der Waals surface area (Å²) in [5.41, 5.74) is 0. The average molecular weight is 1070 g/mol. The summed E-state index contributed by atoms with van der Waals surface area (Å²) >= 11 is 0. The monoisotopic (exact) mass is 1080 g/mol. The van der Waals surface area contributed by atoms with Crippen LogP contribution in [0.2, 0.25) is 0 Å². The van der Waals surface area contributed by atoms with Gasteiger partial charge in [0.05, 0.1) is 0 Å². The molecule has 0 atom stereocenters. The summed E-state index contributed by atoms with van der Waals surface area (Å²) in [6, 6.07) is 0.